The van der Waals surface area contributed by atoms with Crippen molar-refractivity contribution in [3.05, 3.63) is 96.9 Å². The topological polar surface area (TPSA) is 93.7 Å². The molecule has 0 saturated heterocycles. The number of amides is 2. The van der Waals surface area contributed by atoms with Crippen LogP contribution in [0.2, 0.25) is 25.1 Å². The molecule has 0 aliphatic heterocycles. The summed E-state index contributed by atoms with van der Waals surface area (Å²) in [6.45, 7) is -0.419. The number of nitrogens with one attached hydrogen (secondary N) is 2. The van der Waals surface area contributed by atoms with Crippen molar-refractivity contribution in [2.75, 3.05) is 6.54 Å². The fourth-order valence-electron chi connectivity index (χ4n) is 3.06. The van der Waals surface area contributed by atoms with Gasteiger partial charge in [-0.05, 0) is 11.1 Å². The molecule has 0 radical (unpaired) electrons. The molecule has 37 heavy (non-hydrogen) atoms. The van der Waals surface area contributed by atoms with Gasteiger partial charge < -0.3 is 20.1 Å². The van der Waals surface area contributed by atoms with Crippen LogP contribution in [0.15, 0.2) is 60.7 Å². The quantitative estimate of drug-likeness (QED) is 0.126. The zero-order chi connectivity index (χ0) is 26.9. The zero-order valence-corrected chi connectivity index (χ0v) is 22.7. The number of hydrogen-bond donors (Lipinski definition) is 2. The van der Waals surface area contributed by atoms with E-state index in [1.165, 1.54) is 0 Å². The van der Waals surface area contributed by atoms with Crippen molar-refractivity contribution in [2.24, 2.45) is 0 Å². The number of hydrogen-bond acceptors (Lipinski definition) is 5. The normalized spacial score (nSPS) is 11.4. The summed E-state index contributed by atoms with van der Waals surface area (Å²) in [7, 11) is 0. The van der Waals surface area contributed by atoms with Gasteiger partial charge in [0.1, 0.15) is 29.2 Å². The van der Waals surface area contributed by atoms with Gasteiger partial charge in [0.05, 0.1) is 15.1 Å². The summed E-state index contributed by atoms with van der Waals surface area (Å²) >= 11 is 30.4. The number of alkyl carbamates (subject to hydrolysis) is 1. The molecule has 1 unspecified atom stereocenters. The second-order valence-electron chi connectivity index (χ2n) is 7.55. The van der Waals surface area contributed by atoms with E-state index in [4.69, 9.17) is 67.5 Å². The molecule has 3 aromatic rings. The van der Waals surface area contributed by atoms with Gasteiger partial charge in [-0.1, -0.05) is 119 Å². The van der Waals surface area contributed by atoms with Crippen LogP contribution in [0.1, 0.15) is 11.1 Å². The summed E-state index contributed by atoms with van der Waals surface area (Å²) in [6.07, 6.45) is -0.737. The van der Waals surface area contributed by atoms with Crippen LogP contribution in [0.3, 0.4) is 0 Å². The smallest absolute Gasteiger partial charge is 0.407 e. The molecule has 0 aromatic heterocycles. The number of esters is 1. The van der Waals surface area contributed by atoms with E-state index >= 15 is 0 Å². The van der Waals surface area contributed by atoms with Crippen molar-refractivity contribution in [1.29, 1.82) is 0 Å². The van der Waals surface area contributed by atoms with Gasteiger partial charge in [0.15, 0.2) is 5.75 Å². The lowest BCUT2D eigenvalue weighted by Crippen LogP contribution is -2.48. The number of rotatable bonds is 9. The van der Waals surface area contributed by atoms with E-state index in [2.05, 4.69) is 10.6 Å². The molecule has 3 aromatic carbocycles. The lowest BCUT2D eigenvalue weighted by atomic mass is 10.1. The van der Waals surface area contributed by atoms with Gasteiger partial charge in [0.2, 0.25) is 5.91 Å². The van der Waals surface area contributed by atoms with Crippen LogP contribution in [0.4, 0.5) is 4.79 Å². The average Bonchev–Trinajstić information content (AvgIpc) is 2.91. The Kier molecular flexibility index (Phi) is 10.7. The summed E-state index contributed by atoms with van der Waals surface area (Å²) in [5, 5.41) is 4.02. The summed E-state index contributed by atoms with van der Waals surface area (Å²) in [5.41, 5.74) is 1.51. The first kappa shape index (κ1) is 28.9. The van der Waals surface area contributed by atoms with Gasteiger partial charge in [-0.3, -0.25) is 4.79 Å². The number of carbonyl (C=O) groups is 3. The molecule has 0 aliphatic rings. The van der Waals surface area contributed by atoms with Crippen LogP contribution >= 0.6 is 58.0 Å². The second-order valence-corrected chi connectivity index (χ2v) is 9.44. The highest BCUT2D eigenvalue weighted by Gasteiger charge is 2.28. The van der Waals surface area contributed by atoms with Crippen LogP contribution in [-0.4, -0.2) is 30.6 Å². The second kappa shape index (κ2) is 13.7. The van der Waals surface area contributed by atoms with Crippen LogP contribution in [0.25, 0.3) is 0 Å². The van der Waals surface area contributed by atoms with E-state index in [1.807, 2.05) is 18.2 Å². The first-order valence-corrected chi connectivity index (χ1v) is 12.6. The van der Waals surface area contributed by atoms with Crippen LogP contribution < -0.4 is 15.4 Å². The number of halogens is 5. The average molecular weight is 605 g/mol. The highest BCUT2D eigenvalue weighted by atomic mass is 35.5. The molecule has 0 heterocycles. The maximum Gasteiger partial charge on any atom is 0.407 e. The van der Waals surface area contributed by atoms with Crippen LogP contribution in [-0.2, 0) is 27.4 Å². The minimum absolute atomic E-state index is 0.0327. The van der Waals surface area contributed by atoms with Gasteiger partial charge in [-0.15, -0.1) is 0 Å². The molecule has 0 bridgehead atoms. The molecule has 7 nitrogen and oxygen atoms in total. The molecule has 0 fully saturated rings. The molecule has 2 amide bonds. The molecule has 0 aliphatic carbocycles. The van der Waals surface area contributed by atoms with Crippen LogP contribution in [0, 0.1) is 0 Å². The summed E-state index contributed by atoms with van der Waals surface area (Å²) in [5.74, 6) is -1.87. The SMILES string of the molecule is O=C(CNC(=O)OCc1ccccc1)NC(Cc1ccccc1)C(=O)Oc1c(Cl)c(Cl)c(Cl)c(Cl)c1Cl. The lowest BCUT2D eigenvalue weighted by molar-refractivity contribution is -0.139. The summed E-state index contributed by atoms with van der Waals surface area (Å²) in [6, 6.07) is 16.7. The largest absolute Gasteiger partial charge is 0.445 e. The highest BCUT2D eigenvalue weighted by molar-refractivity contribution is 6.55. The van der Waals surface area contributed by atoms with E-state index in [0.29, 0.717) is 0 Å². The third-order valence-corrected chi connectivity index (χ3v) is 7.12. The third-order valence-electron chi connectivity index (χ3n) is 4.88. The Morgan fingerprint density at radius 2 is 1.24 bits per heavy atom. The Balaban J connectivity index is 1.67. The van der Waals surface area contributed by atoms with E-state index in [9.17, 15) is 14.4 Å². The third kappa shape index (κ3) is 8.15. The molecule has 12 heteroatoms. The lowest BCUT2D eigenvalue weighted by Gasteiger charge is -2.19. The van der Waals surface area contributed by atoms with Crippen molar-refractivity contribution in [1.82, 2.24) is 10.6 Å². The zero-order valence-electron chi connectivity index (χ0n) is 18.9. The predicted octanol–water partition coefficient (Wildman–Crippen LogP) is 6.51. The fourth-order valence-corrected chi connectivity index (χ4v) is 4.26. The predicted molar refractivity (Wildman–Crippen MR) is 144 cm³/mol. The Bertz CT molecular complexity index is 1250. The molecule has 194 valence electrons. The van der Waals surface area contributed by atoms with Gasteiger partial charge in [0, 0.05) is 6.42 Å². The molecule has 2 N–H and O–H groups in total. The van der Waals surface area contributed by atoms with Gasteiger partial charge >= 0.3 is 12.1 Å². The molecule has 1 atom stereocenters. The number of benzene rings is 3. The van der Waals surface area contributed by atoms with Crippen molar-refractivity contribution < 1.29 is 23.9 Å². The van der Waals surface area contributed by atoms with E-state index in [-0.39, 0.29) is 43.9 Å². The van der Waals surface area contributed by atoms with Crippen molar-refractivity contribution >= 4 is 76.0 Å². The van der Waals surface area contributed by atoms with E-state index < -0.39 is 30.6 Å². The minimum atomic E-state index is -1.18. The summed E-state index contributed by atoms with van der Waals surface area (Å²) < 4.78 is 10.5. The summed E-state index contributed by atoms with van der Waals surface area (Å²) in [4.78, 5) is 37.6. The fraction of sp³-hybridized carbons (Fsp3) is 0.160. The molecular weight excluding hydrogens is 586 g/mol. The molecular formula is C25H19Cl5N2O5. The first-order chi connectivity index (χ1) is 17.7. The van der Waals surface area contributed by atoms with Crippen LogP contribution in [0.5, 0.6) is 5.75 Å². The maximum absolute atomic E-state index is 13.1. The van der Waals surface area contributed by atoms with Crippen molar-refractivity contribution in [3.63, 3.8) is 0 Å². The monoisotopic (exact) mass is 602 g/mol. The van der Waals surface area contributed by atoms with Gasteiger partial charge in [-0.25, -0.2) is 9.59 Å². The van der Waals surface area contributed by atoms with E-state index in [0.717, 1.165) is 11.1 Å². The Morgan fingerprint density at radius 1 is 0.730 bits per heavy atom. The minimum Gasteiger partial charge on any atom is -0.445 e. The Labute approximate surface area is 237 Å². The first-order valence-electron chi connectivity index (χ1n) is 10.7. The molecule has 3 rings (SSSR count). The van der Waals surface area contributed by atoms with E-state index in [1.54, 1.807) is 42.5 Å². The number of carbonyl (C=O) groups excluding carboxylic acids is 3. The number of ether oxygens (including phenoxy) is 2. The van der Waals surface area contributed by atoms with Crippen molar-refractivity contribution in [3.8, 4) is 5.75 Å². The maximum atomic E-state index is 13.1. The van der Waals surface area contributed by atoms with Gasteiger partial charge in [-0.2, -0.15) is 0 Å². The Morgan fingerprint density at radius 3 is 1.81 bits per heavy atom. The standard InChI is InChI=1S/C25H19Cl5N2O5/c26-18-19(27)21(29)23(22(30)20(18)28)37-24(34)16(11-14-7-3-1-4-8-14)32-17(33)12-31-25(35)36-13-15-9-5-2-6-10-15/h1-10,16H,11-13H2,(H,31,35)(H,32,33). The molecule has 0 saturated carbocycles. The van der Waals surface area contributed by atoms with Gasteiger partial charge in [0.25, 0.3) is 0 Å². The Hall–Kier alpha value is -2.68. The molecule has 0 spiro atoms. The highest BCUT2D eigenvalue weighted by Crippen LogP contribution is 2.48. The van der Waals surface area contributed by atoms with Crippen molar-refractivity contribution in [2.45, 2.75) is 19.1 Å².